The fraction of sp³-hybridized carbons (Fsp3) is 0.222. The van der Waals surface area contributed by atoms with Gasteiger partial charge in [0.25, 0.3) is 0 Å². The van der Waals surface area contributed by atoms with Crippen molar-refractivity contribution in [1.82, 2.24) is 0 Å². The summed E-state index contributed by atoms with van der Waals surface area (Å²) in [6, 6.07) is 16.0. The van der Waals surface area contributed by atoms with E-state index in [0.29, 0.717) is 17.7 Å². The SMILES string of the molecule is NC(=O)c1ccccc1COC(=O)COCCOc1ccccc1. The number of hydrogen-bond acceptors (Lipinski definition) is 5. The second-order valence-corrected chi connectivity index (χ2v) is 4.90. The van der Waals surface area contributed by atoms with Crippen LogP contribution in [0.4, 0.5) is 0 Å². The Morgan fingerprint density at radius 2 is 1.62 bits per heavy atom. The van der Waals surface area contributed by atoms with Gasteiger partial charge in [-0.2, -0.15) is 0 Å². The van der Waals surface area contributed by atoms with Crippen molar-refractivity contribution in [2.45, 2.75) is 6.61 Å². The summed E-state index contributed by atoms with van der Waals surface area (Å²) in [5.41, 5.74) is 6.16. The van der Waals surface area contributed by atoms with Gasteiger partial charge in [0.2, 0.25) is 5.91 Å². The molecule has 0 atom stereocenters. The van der Waals surface area contributed by atoms with E-state index in [-0.39, 0.29) is 19.8 Å². The number of ether oxygens (including phenoxy) is 3. The van der Waals surface area contributed by atoms with Crippen molar-refractivity contribution in [2.75, 3.05) is 19.8 Å². The van der Waals surface area contributed by atoms with E-state index in [1.165, 1.54) is 0 Å². The van der Waals surface area contributed by atoms with E-state index in [0.717, 1.165) is 5.75 Å². The third-order valence-electron chi connectivity index (χ3n) is 3.13. The first kappa shape index (κ1) is 17.5. The van der Waals surface area contributed by atoms with Gasteiger partial charge in [0.15, 0.2) is 0 Å². The highest BCUT2D eigenvalue weighted by molar-refractivity contribution is 5.94. The van der Waals surface area contributed by atoms with Gasteiger partial charge in [-0.25, -0.2) is 4.79 Å². The van der Waals surface area contributed by atoms with E-state index in [2.05, 4.69) is 0 Å². The summed E-state index contributed by atoms with van der Waals surface area (Å²) in [6.07, 6.45) is 0. The van der Waals surface area contributed by atoms with Gasteiger partial charge in [-0.1, -0.05) is 36.4 Å². The Morgan fingerprint density at radius 1 is 0.917 bits per heavy atom. The number of rotatable bonds is 9. The average molecular weight is 329 g/mol. The lowest BCUT2D eigenvalue weighted by Crippen LogP contribution is -2.18. The highest BCUT2D eigenvalue weighted by Gasteiger charge is 2.10. The maximum absolute atomic E-state index is 11.6. The summed E-state index contributed by atoms with van der Waals surface area (Å²) >= 11 is 0. The van der Waals surface area contributed by atoms with Gasteiger partial charge >= 0.3 is 5.97 Å². The Morgan fingerprint density at radius 3 is 2.38 bits per heavy atom. The number of primary amides is 1. The third kappa shape index (κ3) is 5.73. The highest BCUT2D eigenvalue weighted by atomic mass is 16.6. The molecule has 0 unspecified atom stereocenters. The molecule has 2 aromatic rings. The fourth-order valence-corrected chi connectivity index (χ4v) is 1.98. The molecule has 0 bridgehead atoms. The van der Waals surface area contributed by atoms with Gasteiger partial charge in [-0.3, -0.25) is 4.79 Å². The highest BCUT2D eigenvalue weighted by Crippen LogP contribution is 2.10. The second kappa shape index (κ2) is 9.32. The van der Waals surface area contributed by atoms with Crippen molar-refractivity contribution in [2.24, 2.45) is 5.73 Å². The molecule has 6 nitrogen and oxygen atoms in total. The number of esters is 1. The van der Waals surface area contributed by atoms with Gasteiger partial charge < -0.3 is 19.9 Å². The smallest absolute Gasteiger partial charge is 0.332 e. The minimum Gasteiger partial charge on any atom is -0.491 e. The van der Waals surface area contributed by atoms with Crippen molar-refractivity contribution in [3.8, 4) is 5.75 Å². The molecule has 2 rings (SSSR count). The summed E-state index contributed by atoms with van der Waals surface area (Å²) in [7, 11) is 0. The predicted molar refractivity (Wildman–Crippen MR) is 87.5 cm³/mol. The minimum absolute atomic E-state index is 0.0260. The Hall–Kier alpha value is -2.86. The maximum atomic E-state index is 11.6. The number of para-hydroxylation sites is 1. The predicted octanol–water partition coefficient (Wildman–Crippen LogP) is 1.92. The van der Waals surface area contributed by atoms with Gasteiger partial charge in [0.1, 0.15) is 25.6 Å². The zero-order chi connectivity index (χ0) is 17.2. The molecule has 0 saturated carbocycles. The Kier molecular flexibility index (Phi) is 6.79. The molecular formula is C18H19NO5. The standard InChI is InChI=1S/C18H19NO5/c19-18(21)16-9-5-4-6-14(16)12-24-17(20)13-22-10-11-23-15-7-2-1-3-8-15/h1-9H,10-13H2,(H2,19,21). The summed E-state index contributed by atoms with van der Waals surface area (Å²) < 4.78 is 15.7. The van der Waals surface area contributed by atoms with Crippen LogP contribution in [0.5, 0.6) is 5.75 Å². The molecule has 0 aliphatic heterocycles. The van der Waals surface area contributed by atoms with Crippen LogP contribution < -0.4 is 10.5 Å². The number of nitrogens with two attached hydrogens (primary N) is 1. The Labute approximate surface area is 140 Å². The van der Waals surface area contributed by atoms with Crippen molar-refractivity contribution >= 4 is 11.9 Å². The number of hydrogen-bond donors (Lipinski definition) is 1. The van der Waals surface area contributed by atoms with E-state index < -0.39 is 11.9 Å². The van der Waals surface area contributed by atoms with Gasteiger partial charge in [0.05, 0.1) is 6.61 Å². The lowest BCUT2D eigenvalue weighted by molar-refractivity contribution is -0.150. The molecule has 1 amide bonds. The molecule has 0 spiro atoms. The van der Waals surface area contributed by atoms with Gasteiger partial charge in [-0.05, 0) is 18.2 Å². The first-order valence-corrected chi connectivity index (χ1v) is 7.46. The molecule has 6 heteroatoms. The Bertz CT molecular complexity index is 672. The topological polar surface area (TPSA) is 87.9 Å². The van der Waals surface area contributed by atoms with Crippen LogP contribution in [0.25, 0.3) is 0 Å². The average Bonchev–Trinajstić information content (AvgIpc) is 2.60. The van der Waals surface area contributed by atoms with Crippen LogP contribution >= 0.6 is 0 Å². The van der Waals surface area contributed by atoms with Crippen LogP contribution in [-0.2, 0) is 20.9 Å². The van der Waals surface area contributed by atoms with Crippen LogP contribution in [0.3, 0.4) is 0 Å². The van der Waals surface area contributed by atoms with Crippen LogP contribution in [0.2, 0.25) is 0 Å². The molecule has 2 aromatic carbocycles. The summed E-state index contributed by atoms with van der Waals surface area (Å²) in [4.78, 5) is 22.9. The molecule has 24 heavy (non-hydrogen) atoms. The van der Waals surface area contributed by atoms with Gasteiger partial charge in [0, 0.05) is 11.1 Å². The molecule has 0 aromatic heterocycles. The lowest BCUT2D eigenvalue weighted by Gasteiger charge is -2.09. The van der Waals surface area contributed by atoms with Crippen molar-refractivity contribution in [3.63, 3.8) is 0 Å². The second-order valence-electron chi connectivity index (χ2n) is 4.90. The molecule has 126 valence electrons. The van der Waals surface area contributed by atoms with E-state index in [9.17, 15) is 9.59 Å². The third-order valence-corrected chi connectivity index (χ3v) is 3.13. The number of benzene rings is 2. The molecule has 0 fully saturated rings. The largest absolute Gasteiger partial charge is 0.491 e. The molecular weight excluding hydrogens is 310 g/mol. The first-order valence-electron chi connectivity index (χ1n) is 7.46. The van der Waals surface area contributed by atoms with Crippen LogP contribution in [0.15, 0.2) is 54.6 Å². The van der Waals surface area contributed by atoms with Crippen molar-refractivity contribution in [3.05, 3.63) is 65.7 Å². The number of carbonyl (C=O) groups excluding carboxylic acids is 2. The van der Waals surface area contributed by atoms with Crippen LogP contribution in [0, 0.1) is 0 Å². The fourth-order valence-electron chi connectivity index (χ4n) is 1.98. The maximum Gasteiger partial charge on any atom is 0.332 e. The van der Waals surface area contributed by atoms with Crippen molar-refractivity contribution in [1.29, 1.82) is 0 Å². The van der Waals surface area contributed by atoms with Crippen LogP contribution in [-0.4, -0.2) is 31.7 Å². The quantitative estimate of drug-likeness (QED) is 0.561. The zero-order valence-corrected chi connectivity index (χ0v) is 13.1. The monoisotopic (exact) mass is 329 g/mol. The van der Waals surface area contributed by atoms with Crippen molar-refractivity contribution < 1.29 is 23.8 Å². The number of carbonyl (C=O) groups is 2. The summed E-state index contributed by atoms with van der Waals surface area (Å²) in [6.45, 7) is 0.391. The first-order chi connectivity index (χ1) is 11.7. The molecule has 0 aliphatic carbocycles. The minimum atomic E-state index is -0.559. The van der Waals surface area contributed by atoms with E-state index in [4.69, 9.17) is 19.9 Å². The molecule has 0 saturated heterocycles. The van der Waals surface area contributed by atoms with E-state index in [1.54, 1.807) is 24.3 Å². The molecule has 0 radical (unpaired) electrons. The molecule has 0 heterocycles. The summed E-state index contributed by atoms with van der Waals surface area (Å²) in [5, 5.41) is 0. The van der Waals surface area contributed by atoms with Gasteiger partial charge in [-0.15, -0.1) is 0 Å². The number of amides is 1. The zero-order valence-electron chi connectivity index (χ0n) is 13.1. The normalized spacial score (nSPS) is 10.2. The van der Waals surface area contributed by atoms with E-state index >= 15 is 0 Å². The molecule has 2 N–H and O–H groups in total. The summed E-state index contributed by atoms with van der Waals surface area (Å²) in [5.74, 6) is -0.336. The lowest BCUT2D eigenvalue weighted by atomic mass is 10.1. The van der Waals surface area contributed by atoms with Crippen LogP contribution in [0.1, 0.15) is 15.9 Å². The molecule has 0 aliphatic rings. The Balaban J connectivity index is 1.64. The van der Waals surface area contributed by atoms with E-state index in [1.807, 2.05) is 30.3 Å².